The lowest BCUT2D eigenvalue weighted by molar-refractivity contribution is -0.122. The maximum absolute atomic E-state index is 9.36. The fourth-order valence-electron chi connectivity index (χ4n) is 2.44. The van der Waals surface area contributed by atoms with Crippen LogP contribution >= 0.6 is 0 Å². The van der Waals surface area contributed by atoms with Crippen LogP contribution in [0.4, 0.5) is 0 Å². The maximum Gasteiger partial charge on any atom is 0.290 e. The standard InChI is InChI=1S/C12H17NO.CH2O2/c1-2-3-11-10-5-4-9(14)6-8(10)7-12(11)13;2-1-3/h4-6,11-12,14H,2-3,7,13H2,1H3;1H,(H,2,3). The molecule has 0 fully saturated rings. The van der Waals surface area contributed by atoms with Crippen molar-refractivity contribution in [3.8, 4) is 5.75 Å². The minimum Gasteiger partial charge on any atom is -0.508 e. The summed E-state index contributed by atoms with van der Waals surface area (Å²) in [5.74, 6) is 0.851. The van der Waals surface area contributed by atoms with Gasteiger partial charge in [-0.3, -0.25) is 4.79 Å². The molecule has 4 heteroatoms. The van der Waals surface area contributed by atoms with E-state index in [0.29, 0.717) is 11.7 Å². The molecule has 0 amide bonds. The smallest absolute Gasteiger partial charge is 0.290 e. The lowest BCUT2D eigenvalue weighted by Crippen LogP contribution is -2.24. The van der Waals surface area contributed by atoms with Crippen molar-refractivity contribution in [3.63, 3.8) is 0 Å². The Morgan fingerprint density at radius 2 is 2.18 bits per heavy atom. The van der Waals surface area contributed by atoms with Crippen molar-refractivity contribution in [3.05, 3.63) is 29.3 Å². The van der Waals surface area contributed by atoms with Gasteiger partial charge in [0.15, 0.2) is 0 Å². The molecule has 2 unspecified atom stereocenters. The van der Waals surface area contributed by atoms with Crippen LogP contribution in [0.2, 0.25) is 0 Å². The molecule has 0 aliphatic heterocycles. The number of nitrogens with two attached hydrogens (primary N) is 1. The zero-order valence-corrected chi connectivity index (χ0v) is 9.97. The van der Waals surface area contributed by atoms with Gasteiger partial charge in [-0.05, 0) is 42.0 Å². The zero-order chi connectivity index (χ0) is 12.8. The van der Waals surface area contributed by atoms with E-state index in [1.54, 1.807) is 6.07 Å². The van der Waals surface area contributed by atoms with Crippen LogP contribution in [0.25, 0.3) is 0 Å². The summed E-state index contributed by atoms with van der Waals surface area (Å²) in [6.07, 6.45) is 3.23. The fraction of sp³-hybridized carbons (Fsp3) is 0.462. The first kappa shape index (κ1) is 13.5. The predicted octanol–water partition coefficient (Wildman–Crippen LogP) is 1.86. The van der Waals surface area contributed by atoms with Gasteiger partial charge in [0.25, 0.3) is 6.47 Å². The van der Waals surface area contributed by atoms with Gasteiger partial charge in [0.2, 0.25) is 0 Å². The number of hydrogen-bond acceptors (Lipinski definition) is 3. The Labute approximate surface area is 101 Å². The van der Waals surface area contributed by atoms with Gasteiger partial charge in [0.1, 0.15) is 5.75 Å². The highest BCUT2D eigenvalue weighted by atomic mass is 16.3. The summed E-state index contributed by atoms with van der Waals surface area (Å²) in [6, 6.07) is 5.88. The number of benzene rings is 1. The number of fused-ring (bicyclic) bond motifs is 1. The molecule has 1 aromatic rings. The third-order valence-corrected chi connectivity index (χ3v) is 3.10. The summed E-state index contributed by atoms with van der Waals surface area (Å²) in [6.45, 7) is 1.94. The van der Waals surface area contributed by atoms with Gasteiger partial charge in [-0.1, -0.05) is 19.4 Å². The van der Waals surface area contributed by atoms with Crippen molar-refractivity contribution in [2.75, 3.05) is 0 Å². The Morgan fingerprint density at radius 3 is 2.76 bits per heavy atom. The van der Waals surface area contributed by atoms with Gasteiger partial charge in [-0.15, -0.1) is 0 Å². The fourth-order valence-corrected chi connectivity index (χ4v) is 2.44. The van der Waals surface area contributed by atoms with E-state index in [2.05, 4.69) is 6.92 Å². The molecule has 0 radical (unpaired) electrons. The van der Waals surface area contributed by atoms with Gasteiger partial charge >= 0.3 is 0 Å². The number of phenolic OH excluding ortho intramolecular Hbond substituents is 1. The Bertz CT molecular complexity index is 379. The number of carbonyl (C=O) groups is 1. The monoisotopic (exact) mass is 237 g/mol. The largest absolute Gasteiger partial charge is 0.508 e. The van der Waals surface area contributed by atoms with Crippen LogP contribution in [-0.2, 0) is 11.2 Å². The SMILES string of the molecule is CCCC1c2ccc(O)cc2CC1N.O=CO. The molecule has 0 saturated carbocycles. The molecule has 2 atom stereocenters. The van der Waals surface area contributed by atoms with Crippen molar-refractivity contribution < 1.29 is 15.0 Å². The second-order valence-electron chi connectivity index (χ2n) is 4.25. The molecule has 0 saturated heterocycles. The lowest BCUT2D eigenvalue weighted by atomic mass is 9.94. The van der Waals surface area contributed by atoms with E-state index in [9.17, 15) is 5.11 Å². The third-order valence-electron chi connectivity index (χ3n) is 3.10. The number of aromatic hydroxyl groups is 1. The van der Waals surface area contributed by atoms with Gasteiger partial charge in [0.05, 0.1) is 0 Å². The highest BCUT2D eigenvalue weighted by molar-refractivity contribution is 5.42. The molecule has 94 valence electrons. The summed E-state index contributed by atoms with van der Waals surface area (Å²) >= 11 is 0. The van der Waals surface area contributed by atoms with Crippen molar-refractivity contribution in [1.29, 1.82) is 0 Å². The van der Waals surface area contributed by atoms with E-state index < -0.39 is 0 Å². The Balaban J connectivity index is 0.000000437. The van der Waals surface area contributed by atoms with Crippen LogP contribution in [0.1, 0.15) is 36.8 Å². The van der Waals surface area contributed by atoms with Crippen LogP contribution in [0.5, 0.6) is 5.75 Å². The molecule has 2 rings (SSSR count). The molecule has 0 heterocycles. The van der Waals surface area contributed by atoms with E-state index in [4.69, 9.17) is 15.6 Å². The molecule has 0 aromatic heterocycles. The Hall–Kier alpha value is -1.55. The maximum atomic E-state index is 9.36. The molecule has 0 bridgehead atoms. The summed E-state index contributed by atoms with van der Waals surface area (Å²) in [7, 11) is 0. The second-order valence-corrected chi connectivity index (χ2v) is 4.25. The summed E-state index contributed by atoms with van der Waals surface area (Å²) < 4.78 is 0. The summed E-state index contributed by atoms with van der Waals surface area (Å²) in [5.41, 5.74) is 8.66. The van der Waals surface area contributed by atoms with E-state index in [1.807, 2.05) is 12.1 Å². The molecule has 0 spiro atoms. The Morgan fingerprint density at radius 1 is 1.53 bits per heavy atom. The number of phenols is 1. The van der Waals surface area contributed by atoms with Crippen LogP contribution in [0.3, 0.4) is 0 Å². The van der Waals surface area contributed by atoms with Crippen LogP contribution in [-0.4, -0.2) is 22.7 Å². The van der Waals surface area contributed by atoms with Crippen molar-refractivity contribution in [2.24, 2.45) is 5.73 Å². The number of carboxylic acid groups (broad SMARTS) is 1. The average Bonchev–Trinajstić information content (AvgIpc) is 2.56. The van der Waals surface area contributed by atoms with Gasteiger partial charge in [0, 0.05) is 6.04 Å². The molecular weight excluding hydrogens is 218 g/mol. The van der Waals surface area contributed by atoms with Crippen molar-refractivity contribution in [1.82, 2.24) is 0 Å². The second kappa shape index (κ2) is 6.25. The van der Waals surface area contributed by atoms with Crippen molar-refractivity contribution in [2.45, 2.75) is 38.1 Å². The van der Waals surface area contributed by atoms with Crippen LogP contribution in [0, 0.1) is 0 Å². The number of hydrogen-bond donors (Lipinski definition) is 3. The highest BCUT2D eigenvalue weighted by Gasteiger charge is 2.28. The van der Waals surface area contributed by atoms with E-state index in [1.165, 1.54) is 17.5 Å². The zero-order valence-electron chi connectivity index (χ0n) is 9.97. The average molecular weight is 237 g/mol. The first-order valence-corrected chi connectivity index (χ1v) is 5.79. The summed E-state index contributed by atoms with van der Waals surface area (Å²) in [5, 5.41) is 16.2. The molecule has 1 aliphatic carbocycles. The quantitative estimate of drug-likeness (QED) is 0.685. The minimum absolute atomic E-state index is 0.242. The van der Waals surface area contributed by atoms with Crippen molar-refractivity contribution >= 4 is 6.47 Å². The topological polar surface area (TPSA) is 83.5 Å². The number of rotatable bonds is 2. The third kappa shape index (κ3) is 3.20. The van der Waals surface area contributed by atoms with E-state index in [0.717, 1.165) is 12.8 Å². The Kier molecular flexibility index (Phi) is 4.97. The molecule has 4 nitrogen and oxygen atoms in total. The van der Waals surface area contributed by atoms with Gasteiger partial charge < -0.3 is 15.9 Å². The van der Waals surface area contributed by atoms with Crippen LogP contribution in [0.15, 0.2) is 18.2 Å². The van der Waals surface area contributed by atoms with Crippen LogP contribution < -0.4 is 5.73 Å². The first-order valence-electron chi connectivity index (χ1n) is 5.79. The molecule has 17 heavy (non-hydrogen) atoms. The molecule has 4 N–H and O–H groups in total. The van der Waals surface area contributed by atoms with E-state index in [-0.39, 0.29) is 12.5 Å². The summed E-state index contributed by atoms with van der Waals surface area (Å²) in [4.78, 5) is 8.36. The van der Waals surface area contributed by atoms with Gasteiger partial charge in [-0.2, -0.15) is 0 Å². The van der Waals surface area contributed by atoms with Gasteiger partial charge in [-0.25, -0.2) is 0 Å². The molecule has 1 aliphatic rings. The normalized spacial score (nSPS) is 21.3. The molecular formula is C13H19NO3. The molecule has 1 aromatic carbocycles. The first-order chi connectivity index (χ1) is 8.13. The van der Waals surface area contributed by atoms with E-state index >= 15 is 0 Å². The predicted molar refractivity (Wildman–Crippen MR) is 66.1 cm³/mol. The highest BCUT2D eigenvalue weighted by Crippen LogP contribution is 2.36. The lowest BCUT2D eigenvalue weighted by Gasteiger charge is -2.15. The minimum atomic E-state index is -0.250.